The molecule has 0 aromatic rings. The highest BCUT2D eigenvalue weighted by molar-refractivity contribution is 5.76. The van der Waals surface area contributed by atoms with E-state index in [4.69, 9.17) is 16.6 Å². The van der Waals surface area contributed by atoms with Crippen molar-refractivity contribution in [2.45, 2.75) is 31.7 Å². The van der Waals surface area contributed by atoms with Crippen LogP contribution in [0.3, 0.4) is 0 Å². The number of carboxylic acid groups (broad SMARTS) is 1. The molecule has 0 aliphatic carbocycles. The van der Waals surface area contributed by atoms with Crippen molar-refractivity contribution in [3.8, 4) is 0 Å². The molecule has 0 radical (unpaired) electrons. The molecular formula is C9H19N3O3. The zero-order valence-corrected chi connectivity index (χ0v) is 8.74. The number of hydrogen-bond donors (Lipinski definition) is 4. The third-order valence-corrected chi connectivity index (χ3v) is 1.95. The maximum Gasteiger partial charge on any atom is 0.320 e. The highest BCUT2D eigenvalue weighted by atomic mass is 16.4. The molecule has 0 aromatic carbocycles. The van der Waals surface area contributed by atoms with Gasteiger partial charge in [-0.2, -0.15) is 0 Å². The predicted octanol–water partition coefficient (Wildman–Crippen LogP) is -0.966. The van der Waals surface area contributed by atoms with Crippen molar-refractivity contribution in [1.29, 1.82) is 0 Å². The number of carbonyl (C=O) groups excluding carboxylic acids is 1. The Labute approximate surface area is 89.0 Å². The Kier molecular flexibility index (Phi) is 7.57. The molecule has 0 unspecified atom stereocenters. The van der Waals surface area contributed by atoms with Gasteiger partial charge in [-0.25, -0.2) is 0 Å². The summed E-state index contributed by atoms with van der Waals surface area (Å²) >= 11 is 0. The minimum absolute atomic E-state index is 0.0824. The molecule has 6 N–H and O–H groups in total. The van der Waals surface area contributed by atoms with Crippen LogP contribution in [0.25, 0.3) is 0 Å². The van der Waals surface area contributed by atoms with Crippen molar-refractivity contribution in [2.24, 2.45) is 11.5 Å². The maximum atomic E-state index is 11.1. The van der Waals surface area contributed by atoms with E-state index >= 15 is 0 Å². The average molecular weight is 217 g/mol. The van der Waals surface area contributed by atoms with Gasteiger partial charge in [0.1, 0.15) is 6.04 Å². The second kappa shape index (κ2) is 8.19. The van der Waals surface area contributed by atoms with E-state index in [0.717, 1.165) is 12.8 Å². The van der Waals surface area contributed by atoms with Gasteiger partial charge >= 0.3 is 5.97 Å². The summed E-state index contributed by atoms with van der Waals surface area (Å²) in [6.45, 7) is 0.881. The second-order valence-electron chi connectivity index (χ2n) is 3.33. The summed E-state index contributed by atoms with van der Waals surface area (Å²) in [7, 11) is 0. The first-order valence-electron chi connectivity index (χ1n) is 5.03. The van der Waals surface area contributed by atoms with Crippen molar-refractivity contribution >= 4 is 11.9 Å². The summed E-state index contributed by atoms with van der Waals surface area (Å²) in [5.74, 6) is -1.13. The Morgan fingerprint density at radius 3 is 2.53 bits per heavy atom. The van der Waals surface area contributed by atoms with Crippen LogP contribution in [0.4, 0.5) is 0 Å². The molecule has 0 aromatic heterocycles. The van der Waals surface area contributed by atoms with E-state index in [-0.39, 0.29) is 12.3 Å². The fourth-order valence-electron chi connectivity index (χ4n) is 1.01. The largest absolute Gasteiger partial charge is 0.480 e. The number of aliphatic carboxylic acids is 1. The first-order valence-corrected chi connectivity index (χ1v) is 5.03. The Morgan fingerprint density at radius 2 is 2.00 bits per heavy atom. The molecule has 6 nitrogen and oxygen atoms in total. The van der Waals surface area contributed by atoms with Crippen LogP contribution in [-0.2, 0) is 9.59 Å². The summed E-state index contributed by atoms with van der Waals surface area (Å²) in [4.78, 5) is 21.5. The first kappa shape index (κ1) is 13.9. The molecular weight excluding hydrogens is 198 g/mol. The van der Waals surface area contributed by atoms with Crippen LogP contribution in [-0.4, -0.2) is 36.1 Å². The second-order valence-corrected chi connectivity index (χ2v) is 3.33. The number of hydrogen-bond acceptors (Lipinski definition) is 4. The van der Waals surface area contributed by atoms with E-state index in [0.29, 0.717) is 19.5 Å². The summed E-state index contributed by atoms with van der Waals surface area (Å²) in [6, 6.07) is -0.908. The zero-order valence-electron chi connectivity index (χ0n) is 8.74. The lowest BCUT2D eigenvalue weighted by molar-refractivity contribution is -0.138. The number of carboxylic acids is 1. The number of nitrogens with one attached hydrogen (secondary N) is 1. The van der Waals surface area contributed by atoms with Gasteiger partial charge in [-0.05, 0) is 25.8 Å². The number of amides is 1. The van der Waals surface area contributed by atoms with E-state index in [1.54, 1.807) is 0 Å². The van der Waals surface area contributed by atoms with E-state index in [1.165, 1.54) is 0 Å². The molecule has 1 amide bonds. The summed E-state index contributed by atoms with van der Waals surface area (Å²) in [5.41, 5.74) is 10.5. The highest BCUT2D eigenvalue weighted by Gasteiger charge is 2.10. The number of nitrogens with two attached hydrogens (primary N) is 2. The molecule has 0 bridgehead atoms. The number of unbranched alkanes of at least 4 members (excludes halogenated alkanes) is 1. The van der Waals surface area contributed by atoms with Gasteiger partial charge in [-0.1, -0.05) is 0 Å². The van der Waals surface area contributed by atoms with Gasteiger partial charge in [-0.15, -0.1) is 0 Å². The lowest BCUT2D eigenvalue weighted by Crippen LogP contribution is -2.35. The van der Waals surface area contributed by atoms with Gasteiger partial charge in [0.25, 0.3) is 0 Å². The molecule has 0 spiro atoms. The molecule has 6 heteroatoms. The predicted molar refractivity (Wildman–Crippen MR) is 56.1 cm³/mol. The molecule has 0 saturated heterocycles. The van der Waals surface area contributed by atoms with Crippen molar-refractivity contribution in [1.82, 2.24) is 5.32 Å². The molecule has 0 aliphatic rings. The van der Waals surface area contributed by atoms with E-state index in [2.05, 4.69) is 5.32 Å². The van der Waals surface area contributed by atoms with E-state index < -0.39 is 12.0 Å². The molecule has 0 fully saturated rings. The molecule has 1 atom stereocenters. The van der Waals surface area contributed by atoms with Crippen molar-refractivity contribution in [2.75, 3.05) is 13.1 Å². The van der Waals surface area contributed by atoms with Crippen LogP contribution in [0.2, 0.25) is 0 Å². The van der Waals surface area contributed by atoms with Crippen LogP contribution in [0, 0.1) is 0 Å². The molecule has 0 saturated carbocycles. The van der Waals surface area contributed by atoms with Gasteiger partial charge in [0.15, 0.2) is 0 Å². The Hall–Kier alpha value is -1.14. The molecule has 0 heterocycles. The van der Waals surface area contributed by atoms with Crippen LogP contribution in [0.1, 0.15) is 25.7 Å². The van der Waals surface area contributed by atoms with Crippen LogP contribution in [0.5, 0.6) is 0 Å². The van der Waals surface area contributed by atoms with Gasteiger partial charge in [0.2, 0.25) is 5.91 Å². The monoisotopic (exact) mass is 217 g/mol. The van der Waals surface area contributed by atoms with Crippen LogP contribution in [0.15, 0.2) is 0 Å². The Morgan fingerprint density at radius 1 is 1.33 bits per heavy atom. The SMILES string of the molecule is NCCCCC(=O)NCC[C@H](N)C(=O)O. The quantitative estimate of drug-likeness (QED) is 0.390. The molecule has 15 heavy (non-hydrogen) atoms. The lowest BCUT2D eigenvalue weighted by Gasteiger charge is -2.07. The van der Waals surface area contributed by atoms with Crippen molar-refractivity contribution in [3.63, 3.8) is 0 Å². The van der Waals surface area contributed by atoms with Gasteiger partial charge < -0.3 is 21.9 Å². The highest BCUT2D eigenvalue weighted by Crippen LogP contribution is 1.93. The van der Waals surface area contributed by atoms with Gasteiger partial charge in [0, 0.05) is 13.0 Å². The summed E-state index contributed by atoms with van der Waals surface area (Å²) in [5, 5.41) is 11.1. The summed E-state index contributed by atoms with van der Waals surface area (Å²) < 4.78 is 0. The van der Waals surface area contributed by atoms with Crippen molar-refractivity contribution in [3.05, 3.63) is 0 Å². The average Bonchev–Trinajstić information content (AvgIpc) is 2.18. The number of rotatable bonds is 8. The van der Waals surface area contributed by atoms with E-state index in [1.807, 2.05) is 0 Å². The molecule has 88 valence electrons. The standard InChI is InChI=1S/C9H19N3O3/c10-5-2-1-3-8(13)12-6-4-7(11)9(14)15/h7H,1-6,10-11H2,(H,12,13)(H,14,15)/t7-/m0/s1. The van der Waals surface area contributed by atoms with Crippen molar-refractivity contribution < 1.29 is 14.7 Å². The van der Waals surface area contributed by atoms with Crippen LogP contribution < -0.4 is 16.8 Å². The van der Waals surface area contributed by atoms with E-state index in [9.17, 15) is 9.59 Å². The Balaban J connectivity index is 3.42. The van der Waals surface area contributed by atoms with Gasteiger partial charge in [-0.3, -0.25) is 9.59 Å². The maximum absolute atomic E-state index is 11.1. The Bertz CT molecular complexity index is 209. The molecule has 0 aliphatic heterocycles. The topological polar surface area (TPSA) is 118 Å². The first-order chi connectivity index (χ1) is 7.07. The third kappa shape index (κ3) is 7.90. The molecule has 0 rings (SSSR count). The summed E-state index contributed by atoms with van der Waals surface area (Å²) in [6.07, 6.45) is 2.26. The van der Waals surface area contributed by atoms with Gasteiger partial charge in [0.05, 0.1) is 0 Å². The lowest BCUT2D eigenvalue weighted by atomic mass is 10.2. The number of carbonyl (C=O) groups is 2. The zero-order chi connectivity index (χ0) is 11.7. The normalized spacial score (nSPS) is 12.1. The fraction of sp³-hybridized carbons (Fsp3) is 0.778. The smallest absolute Gasteiger partial charge is 0.320 e. The third-order valence-electron chi connectivity index (χ3n) is 1.95. The van der Waals surface area contributed by atoms with Crippen LogP contribution >= 0.6 is 0 Å². The minimum Gasteiger partial charge on any atom is -0.480 e. The fourth-order valence-corrected chi connectivity index (χ4v) is 1.01. The minimum atomic E-state index is -1.05.